The molecule has 0 aromatic carbocycles. The van der Waals surface area contributed by atoms with E-state index >= 15 is 0 Å². The summed E-state index contributed by atoms with van der Waals surface area (Å²) in [5.74, 6) is 0.828. The average Bonchev–Trinajstić information content (AvgIpc) is 2.85. The van der Waals surface area contributed by atoms with E-state index in [1.807, 2.05) is 13.0 Å². The highest BCUT2D eigenvalue weighted by Crippen LogP contribution is 2.28. The fraction of sp³-hybridized carbons (Fsp3) is 0.714. The van der Waals surface area contributed by atoms with Crippen molar-refractivity contribution < 1.29 is 4.74 Å². The first-order valence-electron chi connectivity index (χ1n) is 7.16. The smallest absolute Gasteiger partial charge is 0.158 e. The van der Waals surface area contributed by atoms with Crippen LogP contribution in [0.25, 0.3) is 0 Å². The number of nitrogens with two attached hydrogens (primary N) is 1. The monoisotopic (exact) mass is 262 g/mol. The number of nitrogens with zero attached hydrogens (tertiary/aromatic N) is 3. The Morgan fingerprint density at radius 1 is 1.47 bits per heavy atom. The summed E-state index contributed by atoms with van der Waals surface area (Å²) in [5.41, 5.74) is 7.63. The van der Waals surface area contributed by atoms with E-state index < -0.39 is 0 Å². The second-order valence-electron chi connectivity index (χ2n) is 5.51. The summed E-state index contributed by atoms with van der Waals surface area (Å²) in [6.45, 7) is 5.55. The zero-order valence-corrected chi connectivity index (χ0v) is 11.5. The van der Waals surface area contributed by atoms with E-state index in [1.165, 1.54) is 19.4 Å². The molecule has 5 heteroatoms. The summed E-state index contributed by atoms with van der Waals surface area (Å²) in [4.78, 5) is 11.7. The topological polar surface area (TPSA) is 64.3 Å². The lowest BCUT2D eigenvalue weighted by Crippen LogP contribution is -2.43. The molecule has 2 unspecified atom stereocenters. The summed E-state index contributed by atoms with van der Waals surface area (Å²) >= 11 is 0. The van der Waals surface area contributed by atoms with Crippen molar-refractivity contribution in [3.05, 3.63) is 23.3 Å². The third-order valence-electron chi connectivity index (χ3n) is 4.00. The molecule has 2 N–H and O–H groups in total. The first-order valence-corrected chi connectivity index (χ1v) is 7.16. The predicted molar refractivity (Wildman–Crippen MR) is 72.8 cm³/mol. The zero-order valence-electron chi connectivity index (χ0n) is 11.5. The van der Waals surface area contributed by atoms with E-state index in [9.17, 15) is 0 Å². The molecule has 0 radical (unpaired) electrons. The molecule has 2 aliphatic heterocycles. The second kappa shape index (κ2) is 5.53. The highest BCUT2D eigenvalue weighted by atomic mass is 16.5. The maximum atomic E-state index is 5.97. The van der Waals surface area contributed by atoms with Crippen molar-refractivity contribution >= 4 is 0 Å². The predicted octanol–water partition coefficient (Wildman–Crippen LogP) is 0.822. The number of ether oxygens (including phenoxy) is 1. The lowest BCUT2D eigenvalue weighted by molar-refractivity contribution is -0.0542. The zero-order chi connectivity index (χ0) is 13.2. The summed E-state index contributed by atoms with van der Waals surface area (Å²) in [7, 11) is 0. The number of rotatable bonds is 3. The number of morpholine rings is 1. The van der Waals surface area contributed by atoms with Crippen LogP contribution in [0.5, 0.6) is 0 Å². The van der Waals surface area contributed by atoms with E-state index in [0.717, 1.165) is 36.8 Å². The fourth-order valence-electron chi connectivity index (χ4n) is 3.05. The van der Waals surface area contributed by atoms with Gasteiger partial charge in [0.1, 0.15) is 6.10 Å². The molecule has 2 atom stereocenters. The molecule has 2 fully saturated rings. The lowest BCUT2D eigenvalue weighted by atomic mass is 10.1. The van der Waals surface area contributed by atoms with Gasteiger partial charge in [0.05, 0.1) is 6.61 Å². The van der Waals surface area contributed by atoms with Crippen LogP contribution in [0.15, 0.2) is 6.07 Å². The van der Waals surface area contributed by atoms with Crippen LogP contribution in [0.2, 0.25) is 0 Å². The Kier molecular flexibility index (Phi) is 3.77. The van der Waals surface area contributed by atoms with Crippen LogP contribution in [0.3, 0.4) is 0 Å². The van der Waals surface area contributed by atoms with Gasteiger partial charge in [-0.25, -0.2) is 9.97 Å². The van der Waals surface area contributed by atoms with Crippen molar-refractivity contribution in [2.45, 2.75) is 38.3 Å². The first-order chi connectivity index (χ1) is 9.26. The minimum Gasteiger partial charge on any atom is -0.367 e. The highest BCUT2D eigenvalue weighted by molar-refractivity contribution is 5.12. The number of hydrogen-bond donors (Lipinski definition) is 1. The Balaban J connectivity index is 1.77. The first kappa shape index (κ1) is 13.0. The molecule has 1 aromatic rings. The normalized spacial score (nSPS) is 27.5. The van der Waals surface area contributed by atoms with Gasteiger partial charge in [-0.2, -0.15) is 0 Å². The van der Waals surface area contributed by atoms with Gasteiger partial charge in [-0.1, -0.05) is 0 Å². The van der Waals surface area contributed by atoms with Gasteiger partial charge in [0.2, 0.25) is 0 Å². The highest BCUT2D eigenvalue weighted by Gasteiger charge is 2.34. The van der Waals surface area contributed by atoms with Gasteiger partial charge in [-0.15, -0.1) is 0 Å². The molecular formula is C14H22N4O. The fourth-order valence-corrected chi connectivity index (χ4v) is 3.05. The third-order valence-corrected chi connectivity index (χ3v) is 4.00. The second-order valence-corrected chi connectivity index (χ2v) is 5.51. The molecule has 104 valence electrons. The van der Waals surface area contributed by atoms with Crippen LogP contribution in [0.1, 0.15) is 36.2 Å². The molecule has 0 amide bonds. The van der Waals surface area contributed by atoms with E-state index in [-0.39, 0.29) is 6.10 Å². The Bertz CT molecular complexity index is 451. The van der Waals surface area contributed by atoms with Gasteiger partial charge in [0.25, 0.3) is 0 Å². The molecule has 5 nitrogen and oxygen atoms in total. The molecular weight excluding hydrogens is 240 g/mol. The molecule has 0 aliphatic carbocycles. The third kappa shape index (κ3) is 2.78. The Morgan fingerprint density at radius 2 is 2.37 bits per heavy atom. The quantitative estimate of drug-likeness (QED) is 0.874. The molecule has 3 heterocycles. The molecule has 3 rings (SSSR count). The maximum absolute atomic E-state index is 5.97. The number of fused-ring (bicyclic) bond motifs is 1. The van der Waals surface area contributed by atoms with Gasteiger partial charge < -0.3 is 10.5 Å². The van der Waals surface area contributed by atoms with Gasteiger partial charge in [-0.3, -0.25) is 4.90 Å². The average molecular weight is 262 g/mol. The van der Waals surface area contributed by atoms with Gasteiger partial charge in [0.15, 0.2) is 5.82 Å². The minimum atomic E-state index is 0.0192. The summed E-state index contributed by atoms with van der Waals surface area (Å²) in [6, 6.07) is 2.63. The van der Waals surface area contributed by atoms with Crippen molar-refractivity contribution in [2.75, 3.05) is 26.2 Å². The van der Waals surface area contributed by atoms with E-state index in [4.69, 9.17) is 10.5 Å². The van der Waals surface area contributed by atoms with Crippen molar-refractivity contribution in [3.63, 3.8) is 0 Å². The maximum Gasteiger partial charge on any atom is 0.158 e. The Labute approximate surface area is 114 Å². The SMILES string of the molecule is Cc1cc(CCN)nc(C2CN3CCCC3CO2)n1. The molecule has 1 aromatic heterocycles. The van der Waals surface area contributed by atoms with Crippen LogP contribution in [-0.2, 0) is 11.2 Å². The standard InChI is InChI=1S/C14H22N4O/c1-10-7-11(4-5-15)17-14(16-10)13-8-18-6-2-3-12(18)9-19-13/h7,12-13H,2-6,8-9,15H2,1H3. The molecule has 2 aliphatic rings. The van der Waals surface area contributed by atoms with E-state index in [1.54, 1.807) is 0 Å². The molecule has 0 bridgehead atoms. The van der Waals surface area contributed by atoms with Gasteiger partial charge in [-0.05, 0) is 38.9 Å². The van der Waals surface area contributed by atoms with E-state index in [2.05, 4.69) is 14.9 Å². The Hall–Kier alpha value is -1.04. The summed E-state index contributed by atoms with van der Waals surface area (Å²) in [5, 5.41) is 0. The van der Waals surface area contributed by atoms with Crippen molar-refractivity contribution in [1.82, 2.24) is 14.9 Å². The van der Waals surface area contributed by atoms with Crippen LogP contribution in [-0.4, -0.2) is 47.2 Å². The number of aryl methyl sites for hydroxylation is 1. The molecule has 0 saturated carbocycles. The number of hydrogen-bond acceptors (Lipinski definition) is 5. The summed E-state index contributed by atoms with van der Waals surface area (Å²) in [6.07, 6.45) is 3.37. The Morgan fingerprint density at radius 3 is 3.21 bits per heavy atom. The van der Waals surface area contributed by atoms with E-state index in [0.29, 0.717) is 12.6 Å². The summed E-state index contributed by atoms with van der Waals surface area (Å²) < 4.78 is 5.97. The van der Waals surface area contributed by atoms with Crippen molar-refractivity contribution in [2.24, 2.45) is 5.73 Å². The van der Waals surface area contributed by atoms with Crippen molar-refractivity contribution in [3.8, 4) is 0 Å². The number of aromatic nitrogens is 2. The molecule has 0 spiro atoms. The van der Waals surface area contributed by atoms with Gasteiger partial charge >= 0.3 is 0 Å². The lowest BCUT2D eigenvalue weighted by Gasteiger charge is -2.34. The van der Waals surface area contributed by atoms with Crippen molar-refractivity contribution in [1.29, 1.82) is 0 Å². The minimum absolute atomic E-state index is 0.0192. The van der Waals surface area contributed by atoms with Crippen LogP contribution in [0.4, 0.5) is 0 Å². The van der Waals surface area contributed by atoms with Crippen LogP contribution < -0.4 is 5.73 Å². The molecule has 2 saturated heterocycles. The largest absolute Gasteiger partial charge is 0.367 e. The van der Waals surface area contributed by atoms with Crippen LogP contribution in [0, 0.1) is 6.92 Å². The van der Waals surface area contributed by atoms with Gasteiger partial charge in [0, 0.05) is 30.4 Å². The molecule has 19 heavy (non-hydrogen) atoms. The van der Waals surface area contributed by atoms with Crippen LogP contribution >= 0.6 is 0 Å².